The van der Waals surface area contributed by atoms with Crippen LogP contribution in [-0.2, 0) is 38.1 Å². The van der Waals surface area contributed by atoms with Gasteiger partial charge >= 0.3 is 268 Å². The molecule has 2 aliphatic rings. The quantitative estimate of drug-likeness (QED) is 0.127. The molecule has 0 radical (unpaired) electrons. The average molecular weight is 865 g/mol. The molecule has 2 aliphatic heterocycles. The number of thioether (sulfide) groups is 4. The van der Waals surface area contributed by atoms with Gasteiger partial charge in [0.2, 0.25) is 0 Å². The molecule has 2 rings (SSSR count). The van der Waals surface area contributed by atoms with E-state index in [9.17, 15) is 19.2 Å². The molecule has 212 valence electrons. The number of esters is 4. The molecule has 0 amide bonds. The van der Waals surface area contributed by atoms with Crippen molar-refractivity contribution in [3.8, 4) is 0 Å². The zero-order valence-electron chi connectivity index (χ0n) is 21.2. The van der Waals surface area contributed by atoms with Crippen LogP contribution in [0, 0.1) is 0 Å². The van der Waals surface area contributed by atoms with E-state index < -0.39 is 0 Å². The predicted octanol–water partition coefficient (Wildman–Crippen LogP) is 4.07. The Morgan fingerprint density at radius 1 is 0.474 bits per heavy atom. The summed E-state index contributed by atoms with van der Waals surface area (Å²) in [6, 6.07) is 0. The zero-order valence-corrected chi connectivity index (χ0v) is 31.3. The molecule has 0 saturated carbocycles. The Labute approximate surface area is 265 Å². The van der Waals surface area contributed by atoms with Gasteiger partial charge in [-0.1, -0.05) is 0 Å². The van der Waals surface area contributed by atoms with Crippen LogP contribution < -0.4 is 0 Å². The third kappa shape index (κ3) is 12.6. The fourth-order valence-corrected chi connectivity index (χ4v) is 23.2. The van der Waals surface area contributed by atoms with Gasteiger partial charge in [0.05, 0.1) is 0 Å². The van der Waals surface area contributed by atoms with Crippen molar-refractivity contribution in [1.29, 1.82) is 0 Å². The monoisotopic (exact) mass is 868 g/mol. The first-order valence-corrected chi connectivity index (χ1v) is 22.6. The van der Waals surface area contributed by atoms with E-state index in [4.69, 9.17) is 18.9 Å². The first-order chi connectivity index (χ1) is 18.3. The minimum absolute atomic E-state index is 0.151. The molecule has 2 heterocycles. The van der Waals surface area contributed by atoms with Crippen LogP contribution in [-0.4, -0.2) is 112 Å². The molecule has 0 aliphatic carbocycles. The number of carbonyl (C=O) groups excluding carboxylic acids is 4. The van der Waals surface area contributed by atoms with Crippen molar-refractivity contribution in [2.24, 2.45) is 0 Å². The standard InChI is InChI=1S/C22H28O8S4Se4/c1-27-13(23)5-9-35-19-20(36-10-6-14(24)28-2)32-17(31-19)18-33-21(37-11-7-15(25)29-3)22(34-18)38-12-8-16(26)30-4/h5-12H2,1-4H3. The molecule has 0 aromatic heterocycles. The van der Waals surface area contributed by atoms with Gasteiger partial charge in [-0.15, -0.1) is 0 Å². The number of hydrogen-bond donors (Lipinski definition) is 0. The van der Waals surface area contributed by atoms with Gasteiger partial charge in [-0.05, 0) is 0 Å². The van der Waals surface area contributed by atoms with E-state index in [-0.39, 0.29) is 83.7 Å². The van der Waals surface area contributed by atoms with Gasteiger partial charge in [-0.25, -0.2) is 0 Å². The zero-order chi connectivity index (χ0) is 27.9. The van der Waals surface area contributed by atoms with Crippen molar-refractivity contribution >= 4 is 131 Å². The maximum absolute atomic E-state index is 11.6. The first kappa shape index (κ1) is 34.8. The van der Waals surface area contributed by atoms with Crippen LogP contribution >= 0.6 is 47.0 Å². The molecule has 0 atom stereocenters. The second-order valence-electron chi connectivity index (χ2n) is 6.83. The molecule has 0 saturated heterocycles. The number of hydrogen-bond acceptors (Lipinski definition) is 12. The minimum atomic E-state index is -0.191. The van der Waals surface area contributed by atoms with E-state index in [0.717, 1.165) is 21.3 Å². The second kappa shape index (κ2) is 19.7. The fraction of sp³-hybridized carbons (Fsp3) is 0.545. The van der Waals surface area contributed by atoms with E-state index in [0.29, 0.717) is 25.7 Å². The van der Waals surface area contributed by atoms with Crippen LogP contribution in [0.25, 0.3) is 0 Å². The Balaban J connectivity index is 2.11. The van der Waals surface area contributed by atoms with E-state index >= 15 is 0 Å². The van der Waals surface area contributed by atoms with Crippen LogP contribution in [0.5, 0.6) is 0 Å². The van der Waals surface area contributed by atoms with Gasteiger partial charge in [0.1, 0.15) is 0 Å². The van der Waals surface area contributed by atoms with E-state index in [1.54, 1.807) is 47.0 Å². The van der Waals surface area contributed by atoms with Crippen molar-refractivity contribution in [2.75, 3.05) is 28.4 Å². The summed E-state index contributed by atoms with van der Waals surface area (Å²) in [5, 5.41) is 3.13. The number of rotatable bonds is 16. The van der Waals surface area contributed by atoms with Crippen molar-refractivity contribution in [2.45, 2.75) is 47.0 Å². The molecule has 0 spiro atoms. The van der Waals surface area contributed by atoms with Crippen LogP contribution in [0.15, 0.2) is 23.7 Å². The fourth-order valence-electron chi connectivity index (χ4n) is 2.38. The van der Waals surface area contributed by atoms with Gasteiger partial charge in [-0.2, -0.15) is 0 Å². The second-order valence-corrected chi connectivity index (χ2v) is 23.0. The molecular weight excluding hydrogens is 836 g/mol. The molecule has 38 heavy (non-hydrogen) atoms. The summed E-state index contributed by atoms with van der Waals surface area (Å²) in [7, 11) is 5.65. The Bertz CT molecular complexity index is 838. The molecule has 0 fully saturated rings. The molecule has 0 aromatic rings. The Kier molecular flexibility index (Phi) is 18.0. The summed E-state index contributed by atoms with van der Waals surface area (Å²) in [6.45, 7) is 0. The van der Waals surface area contributed by atoms with Gasteiger partial charge in [0, 0.05) is 0 Å². The third-order valence-electron chi connectivity index (χ3n) is 4.31. The number of carbonyl (C=O) groups is 4. The van der Waals surface area contributed by atoms with Crippen LogP contribution in [0.3, 0.4) is 0 Å². The topological polar surface area (TPSA) is 105 Å². The summed E-state index contributed by atoms with van der Waals surface area (Å²) >= 11 is 7.82. The Morgan fingerprint density at radius 2 is 0.684 bits per heavy atom. The van der Waals surface area contributed by atoms with Crippen molar-refractivity contribution in [3.05, 3.63) is 23.7 Å². The summed E-state index contributed by atoms with van der Waals surface area (Å²) < 4.78 is 27.0. The third-order valence-corrected chi connectivity index (χ3v) is 23.6. The van der Waals surface area contributed by atoms with Crippen LogP contribution in [0.2, 0.25) is 21.3 Å². The van der Waals surface area contributed by atoms with E-state index in [1.165, 1.54) is 52.1 Å². The van der Waals surface area contributed by atoms with Crippen molar-refractivity contribution < 1.29 is 38.1 Å². The van der Waals surface area contributed by atoms with Crippen LogP contribution in [0.1, 0.15) is 25.7 Å². The molecule has 0 unspecified atom stereocenters. The molecular formula is C22H28O8S4Se4. The SMILES string of the molecule is COC(=O)CC[Se]C1=C([Se]CCC(=O)OC)SC(=C2SC([Se]CCC(=O)OC)=C([Se]CCC(=O)OC)S2)S1. The summed E-state index contributed by atoms with van der Waals surface area (Å²) in [5.41, 5.74) is 0. The summed E-state index contributed by atoms with van der Waals surface area (Å²) in [6.07, 6.45) is 1.63. The molecule has 8 nitrogen and oxygen atoms in total. The predicted molar refractivity (Wildman–Crippen MR) is 160 cm³/mol. The normalized spacial score (nSPS) is 15.3. The van der Waals surface area contributed by atoms with Crippen molar-refractivity contribution in [1.82, 2.24) is 0 Å². The summed E-state index contributed by atoms with van der Waals surface area (Å²) in [5.74, 6) is -0.766. The van der Waals surface area contributed by atoms with E-state index in [2.05, 4.69) is 0 Å². The average Bonchev–Trinajstić information content (AvgIpc) is 3.52. The summed E-state index contributed by atoms with van der Waals surface area (Å²) in [4.78, 5) is 46.5. The van der Waals surface area contributed by atoms with E-state index in [1.807, 2.05) is 0 Å². The molecule has 0 bridgehead atoms. The van der Waals surface area contributed by atoms with Gasteiger partial charge in [-0.3, -0.25) is 0 Å². The van der Waals surface area contributed by atoms with Gasteiger partial charge in [0.15, 0.2) is 0 Å². The Morgan fingerprint density at radius 3 is 0.868 bits per heavy atom. The molecule has 0 aromatic carbocycles. The molecule has 16 heteroatoms. The molecule has 0 N–H and O–H groups in total. The van der Waals surface area contributed by atoms with Gasteiger partial charge in [0.25, 0.3) is 0 Å². The van der Waals surface area contributed by atoms with Gasteiger partial charge < -0.3 is 0 Å². The Hall–Kier alpha value is 0.578. The first-order valence-electron chi connectivity index (χ1n) is 11.0. The van der Waals surface area contributed by atoms with Crippen LogP contribution in [0.4, 0.5) is 0 Å². The maximum atomic E-state index is 11.6. The number of methoxy groups -OCH3 is 4. The van der Waals surface area contributed by atoms with Crippen molar-refractivity contribution in [3.63, 3.8) is 0 Å². The number of ether oxygens (including phenoxy) is 4.